The Balaban J connectivity index is -0.0000000592. The monoisotopic (exact) mass is 1140 g/mol. The van der Waals surface area contributed by atoms with Gasteiger partial charge >= 0.3 is 101 Å². The first-order valence-corrected chi connectivity index (χ1v) is 18.9. The molecule has 2 radical (unpaired) electrons. The molecule has 0 unspecified atom stereocenters. The van der Waals surface area contributed by atoms with E-state index in [1.54, 1.807) is 62.0 Å². The van der Waals surface area contributed by atoms with Gasteiger partial charge in [-0.2, -0.15) is 0 Å². The van der Waals surface area contributed by atoms with Crippen LogP contribution in [0.25, 0.3) is 0 Å². The molecule has 6 aromatic heterocycles. The summed E-state index contributed by atoms with van der Waals surface area (Å²) < 4.78 is 119. The first kappa shape index (κ1) is 91.6. The number of nitrogens with zero attached hydrogens (tertiary/aromatic N) is 6. The molecule has 0 amide bonds. The van der Waals surface area contributed by atoms with Crippen LogP contribution in [-0.4, -0.2) is 122 Å². The summed E-state index contributed by atoms with van der Waals surface area (Å²) in [6, 6.07) is 11.5. The molecule has 0 bridgehead atoms. The normalized spacial score (nSPS) is 11.2. The number of hydrogen-bond acceptors (Lipinski definition) is 8. The van der Waals surface area contributed by atoms with Crippen molar-refractivity contribution in [1.82, 2.24) is 60.5 Å². The Morgan fingerprint density at radius 2 is 0.591 bits per heavy atom. The van der Waals surface area contributed by atoms with Crippen molar-refractivity contribution in [2.75, 3.05) is 0 Å². The van der Waals surface area contributed by atoms with Crippen LogP contribution < -0.4 is 10.6 Å². The molecule has 24 nitrogen and oxygen atoms in total. The van der Waals surface area contributed by atoms with Gasteiger partial charge in [-0.3, -0.25) is 20.6 Å². The van der Waals surface area contributed by atoms with Crippen LogP contribution in [0, 0.1) is 0 Å². The summed E-state index contributed by atoms with van der Waals surface area (Å²) in [5.74, 6) is 3.30. The van der Waals surface area contributed by atoms with Gasteiger partial charge in [0, 0.05) is 75.1 Å². The molecule has 0 aromatic carbocycles. The first-order chi connectivity index (χ1) is 23.8. The summed E-state index contributed by atoms with van der Waals surface area (Å²) >= 11 is 0. The number of aromatic amines is 4. The number of hydrogen-bond donors (Lipinski definition) is 6. The van der Waals surface area contributed by atoms with Crippen LogP contribution in [0.4, 0.5) is 49.3 Å². The Morgan fingerprint density at radius 3 is 0.742 bits per heavy atom. The van der Waals surface area contributed by atoms with Gasteiger partial charge < -0.3 is 85.7 Å². The zero-order valence-corrected chi connectivity index (χ0v) is 36.7. The molecule has 40 heteroatoms. The van der Waals surface area contributed by atoms with E-state index in [2.05, 4.69) is 60.5 Å². The number of nitrogens with one attached hydrogen (secondary N) is 6. The van der Waals surface area contributed by atoms with Gasteiger partial charge in [0.2, 0.25) is 0 Å². The van der Waals surface area contributed by atoms with Crippen molar-refractivity contribution < 1.29 is 149 Å². The molecule has 0 aliphatic heterocycles. The molecule has 0 fully saturated rings. The van der Waals surface area contributed by atoms with E-state index in [1.807, 2.05) is 36.4 Å². The summed E-state index contributed by atoms with van der Waals surface area (Å²) in [5.41, 5.74) is 1.95. The van der Waals surface area contributed by atoms with Crippen molar-refractivity contribution >= 4 is 17.3 Å². The van der Waals surface area contributed by atoms with Crippen molar-refractivity contribution in [2.24, 2.45) is 0 Å². The number of pyridine rings is 2. The maximum absolute atomic E-state index is 10.8. The molecule has 0 saturated heterocycles. The van der Waals surface area contributed by atoms with Gasteiger partial charge in [-0.25, -0.2) is 19.9 Å². The van der Waals surface area contributed by atoms with Gasteiger partial charge in [0.25, 0.3) is 0 Å². The number of imidazole rings is 4. The Bertz CT molecular complexity index is 1690. The molecule has 0 saturated carbocycles. The average Bonchev–Trinajstić information content (AvgIpc) is 3.85. The summed E-state index contributed by atoms with van der Waals surface area (Å²) in [4.78, 5) is 38.2. The van der Waals surface area contributed by atoms with Crippen LogP contribution in [0.2, 0.25) is 0 Å². The molecule has 6 aromatic rings. The Hall–Kier alpha value is -4.79. The summed E-state index contributed by atoms with van der Waals surface area (Å²) in [7, 11) is -21.7. The van der Waals surface area contributed by atoms with Crippen LogP contribution in [0.15, 0.2) is 98.4 Å². The van der Waals surface area contributed by atoms with Crippen LogP contribution in [0.3, 0.4) is 0 Å². The van der Waals surface area contributed by atoms with Gasteiger partial charge in [-0.1, -0.05) is 12.1 Å². The van der Waals surface area contributed by atoms with E-state index < -0.39 is 17.3 Å². The van der Waals surface area contributed by atoms with Crippen LogP contribution in [-0.2, 0) is 58.2 Å². The topological polar surface area (TPSA) is 546 Å². The third-order valence-electron chi connectivity index (χ3n) is 5.60. The summed E-state index contributed by atoms with van der Waals surface area (Å²) in [6.45, 7) is 1.29. The summed E-state index contributed by atoms with van der Waals surface area (Å²) in [5, 5.41) is 6.78. The van der Waals surface area contributed by atoms with Crippen LogP contribution >= 0.6 is 0 Å². The van der Waals surface area contributed by atoms with Crippen molar-refractivity contribution in [3.8, 4) is 0 Å². The Kier molecular flexibility index (Phi) is 46.7. The standard InChI is InChI=1S/2C13H14N6.2Cu.2F6Si.12H2O/c2*1-2-4-14-10(3-1)9-19-11(12-15-5-6-16-12)13-17-7-8-18-13;;;2*1-7(2,3,4,5)6;;;;;;;;;;;;/h2*1-8,11,19H,9H2,(H,15,16)(H,17,18);;;;;12*1H2/q;;2*+2;2*-2;;;;;;;;;;;;/p+2. The molecule has 402 valence electrons. The van der Waals surface area contributed by atoms with Gasteiger partial charge in [-0.05, 0) is 24.3 Å². The smallest absolute Gasteiger partial charge is 0.457 e. The van der Waals surface area contributed by atoms with Crippen molar-refractivity contribution in [2.45, 2.75) is 25.2 Å². The fourth-order valence-electron chi connectivity index (χ4n) is 3.81. The molecule has 32 N–H and O–H groups in total. The molecule has 0 spiro atoms. The second-order valence-corrected chi connectivity index (χ2v) is 14.6. The minimum atomic E-state index is -10.8. The first-order valence-electron chi connectivity index (χ1n) is 14.4. The average molecular weight is 1140 g/mol. The molecule has 6 rings (SSSR count). The minimum Gasteiger partial charge on any atom is -0.457 e. The zero-order chi connectivity index (χ0) is 38.6. The maximum atomic E-state index is 9.88. The summed E-state index contributed by atoms with van der Waals surface area (Å²) in [6.07, 6.45) is 17.7. The molecule has 0 aliphatic carbocycles. The van der Waals surface area contributed by atoms with Gasteiger partial charge in [0.05, 0.1) is 11.4 Å². The van der Waals surface area contributed by atoms with Crippen LogP contribution in [0.5, 0.6) is 0 Å². The van der Waals surface area contributed by atoms with E-state index in [9.17, 15) is 49.3 Å². The number of halogens is 12. The van der Waals surface area contributed by atoms with E-state index >= 15 is 0 Å². The van der Waals surface area contributed by atoms with E-state index in [-0.39, 0.29) is 112 Å². The van der Waals surface area contributed by atoms with Gasteiger partial charge in [0.1, 0.15) is 35.4 Å². The van der Waals surface area contributed by atoms with Crippen molar-refractivity contribution in [3.05, 3.63) is 133 Å². The molecule has 66 heavy (non-hydrogen) atoms. The maximum Gasteiger partial charge on any atom is 2.00 e. The van der Waals surface area contributed by atoms with Gasteiger partial charge in [0.15, 0.2) is 0 Å². The second kappa shape index (κ2) is 33.6. The molecular formula is C26H54Cu2F12N12O12Si2+2. The molecule has 0 atom stereocenters. The second-order valence-electron chi connectivity index (χ2n) is 10.3. The number of rotatable bonds is 10. The molecule has 0 aliphatic rings. The minimum absolute atomic E-state index is 0. The van der Waals surface area contributed by atoms with Gasteiger partial charge in [-0.15, -0.1) is 0 Å². The number of aromatic nitrogens is 10. The van der Waals surface area contributed by atoms with Crippen molar-refractivity contribution in [3.63, 3.8) is 0 Å². The van der Waals surface area contributed by atoms with E-state index in [0.29, 0.717) is 13.1 Å². The largest absolute Gasteiger partial charge is 2.00 e. The third kappa shape index (κ3) is 47.2. The fourth-order valence-corrected chi connectivity index (χ4v) is 3.81. The van der Waals surface area contributed by atoms with E-state index in [0.717, 1.165) is 34.7 Å². The third-order valence-corrected chi connectivity index (χ3v) is 5.60. The predicted octanol–water partition coefficient (Wildman–Crippen LogP) is -3.00. The Labute approximate surface area is 384 Å². The SMILES string of the molecule is F[Si-2](F)(F)(F)(F)F.F[Si-2](F)(F)(F)(F)F.O.O.O.O.O.O.O.O.O.O.[Cu+2].[Cu+2].[OH3+].[OH3+].c1ccc(CNC(c2ncc[nH]2)c2ncc[nH]2)nc1.c1ccc(CNC(c2ncc[nH]2)c2ncc[nH]2)nc1. The fraction of sp³-hybridized carbons (Fsp3) is 0.154. The van der Waals surface area contributed by atoms with E-state index in [1.165, 1.54) is 0 Å². The molecular weight excluding hydrogens is 1080 g/mol. The molecule has 6 heterocycles. The van der Waals surface area contributed by atoms with E-state index in [4.69, 9.17) is 0 Å². The zero-order valence-electron chi connectivity index (χ0n) is 32.8. The van der Waals surface area contributed by atoms with Crippen LogP contribution in [0.1, 0.15) is 46.8 Å². The predicted molar refractivity (Wildman–Crippen MR) is 211 cm³/mol. The number of H-pyrrole nitrogens is 4. The quantitative estimate of drug-likeness (QED) is 0.0355. The Morgan fingerprint density at radius 1 is 0.379 bits per heavy atom. The van der Waals surface area contributed by atoms with Crippen molar-refractivity contribution in [1.29, 1.82) is 0 Å².